The minimum absolute atomic E-state index is 0.487. The van der Waals surface area contributed by atoms with Crippen molar-refractivity contribution in [3.05, 3.63) is 35.9 Å². The van der Waals surface area contributed by atoms with Gasteiger partial charge >= 0.3 is 0 Å². The molecule has 0 radical (unpaired) electrons. The Morgan fingerprint density at radius 2 is 1.38 bits per heavy atom. The molecule has 2 saturated heterocycles. The fourth-order valence-electron chi connectivity index (χ4n) is 3.51. The molecule has 7 N–H and O–H groups in total. The Morgan fingerprint density at radius 3 is 1.97 bits per heavy atom. The Bertz CT molecular complexity index is 760. The first-order valence-electron chi connectivity index (χ1n) is 10.00. The maximum Gasteiger partial charge on any atom is 0.188 e. The van der Waals surface area contributed by atoms with Crippen molar-refractivity contribution in [3.8, 4) is 6.07 Å². The highest BCUT2D eigenvalue weighted by Crippen LogP contribution is 2.28. The molecular weight excluding hydrogens is 430 g/mol. The second kappa shape index (κ2) is 10.9. The molecule has 3 rings (SSSR count). The number of hydrogen-bond acceptors (Lipinski definition) is 12. The van der Waals surface area contributed by atoms with Crippen LogP contribution in [0.15, 0.2) is 30.3 Å². The number of aliphatic hydroxyl groups is 7. The molecule has 0 saturated carbocycles. The average molecular weight is 457 g/mol. The molecule has 0 aliphatic carbocycles. The normalized spacial score (nSPS) is 41.1. The van der Waals surface area contributed by atoms with Gasteiger partial charge in [0.2, 0.25) is 0 Å². The van der Waals surface area contributed by atoms with Crippen LogP contribution in [0.2, 0.25) is 0 Å². The Balaban J connectivity index is 1.65. The van der Waals surface area contributed by atoms with Gasteiger partial charge in [-0.05, 0) is 5.56 Å². The maximum absolute atomic E-state index is 10.3. The highest BCUT2D eigenvalue weighted by molar-refractivity contribution is 5.22. The molecule has 2 aliphatic rings. The number of hydrogen-bond donors (Lipinski definition) is 7. The van der Waals surface area contributed by atoms with Gasteiger partial charge < -0.3 is 54.7 Å². The standard InChI is InChI=1S/C20H27NO11/c21-6-10(9-4-2-1-3-5-9)30-20-18(28)16(26)14(24)12(32-20)8-29-19-17(27)15(25)13(23)11(7-22)31-19/h1-5,10-20,22-28H,7-8H2/t10-,11+,12+,13+,14+,15+,16+,17+,18+,19+,20+/m0/s1. The Labute approximate surface area is 183 Å². The largest absolute Gasteiger partial charge is 0.394 e. The van der Waals surface area contributed by atoms with Gasteiger partial charge in [-0.3, -0.25) is 0 Å². The molecule has 0 amide bonds. The Morgan fingerprint density at radius 1 is 0.812 bits per heavy atom. The quantitative estimate of drug-likeness (QED) is 0.218. The van der Waals surface area contributed by atoms with Gasteiger partial charge in [-0.2, -0.15) is 5.26 Å². The smallest absolute Gasteiger partial charge is 0.188 e. The molecule has 12 heteroatoms. The van der Waals surface area contributed by atoms with E-state index in [-0.39, 0.29) is 0 Å². The highest BCUT2D eigenvalue weighted by Gasteiger charge is 2.48. The van der Waals surface area contributed by atoms with Gasteiger partial charge in [-0.25, -0.2) is 0 Å². The van der Waals surface area contributed by atoms with Gasteiger partial charge in [0.25, 0.3) is 0 Å². The minimum Gasteiger partial charge on any atom is -0.394 e. The lowest BCUT2D eigenvalue weighted by atomic mass is 9.98. The molecule has 0 aromatic heterocycles. The van der Waals surface area contributed by atoms with Crippen LogP contribution >= 0.6 is 0 Å². The molecule has 2 aliphatic heterocycles. The Kier molecular flexibility index (Phi) is 8.50. The van der Waals surface area contributed by atoms with E-state index >= 15 is 0 Å². The summed E-state index contributed by atoms with van der Waals surface area (Å²) in [5, 5.41) is 79.1. The number of nitriles is 1. The predicted molar refractivity (Wildman–Crippen MR) is 102 cm³/mol. The second-order valence-electron chi connectivity index (χ2n) is 7.60. The van der Waals surface area contributed by atoms with Gasteiger partial charge in [0.15, 0.2) is 18.7 Å². The summed E-state index contributed by atoms with van der Waals surface area (Å²) in [6.07, 6.45) is -16.5. The van der Waals surface area contributed by atoms with Crippen molar-refractivity contribution in [1.82, 2.24) is 0 Å². The van der Waals surface area contributed by atoms with Crippen molar-refractivity contribution in [3.63, 3.8) is 0 Å². The van der Waals surface area contributed by atoms with Crippen LogP contribution in [0.5, 0.6) is 0 Å². The van der Waals surface area contributed by atoms with Crippen molar-refractivity contribution in [2.24, 2.45) is 0 Å². The summed E-state index contributed by atoms with van der Waals surface area (Å²) in [4.78, 5) is 0. The zero-order chi connectivity index (χ0) is 23.4. The van der Waals surface area contributed by atoms with Crippen LogP contribution in [-0.2, 0) is 18.9 Å². The average Bonchev–Trinajstić information content (AvgIpc) is 2.81. The first kappa shape index (κ1) is 24.9. The predicted octanol–water partition coefficient (Wildman–Crippen LogP) is -3.11. The SMILES string of the molecule is N#C[C@H](O[C@@H]1O[C@H](CO[C@@H]2O[C@H](CO)[C@@H](O)[C@@H](O)[C@H]2O)[C@@H](O)[C@@H](O)[C@H]1O)c1ccccc1. The summed E-state index contributed by atoms with van der Waals surface area (Å²) >= 11 is 0. The van der Waals surface area contributed by atoms with Gasteiger partial charge in [-0.1, -0.05) is 30.3 Å². The van der Waals surface area contributed by atoms with Crippen molar-refractivity contribution >= 4 is 0 Å². The maximum atomic E-state index is 10.3. The summed E-state index contributed by atoms with van der Waals surface area (Å²) in [7, 11) is 0. The van der Waals surface area contributed by atoms with Crippen LogP contribution < -0.4 is 0 Å². The summed E-state index contributed by atoms with van der Waals surface area (Å²) < 4.78 is 21.6. The van der Waals surface area contributed by atoms with Crippen LogP contribution in [0, 0.1) is 11.3 Å². The molecule has 12 nitrogen and oxygen atoms in total. The van der Waals surface area contributed by atoms with Crippen LogP contribution in [0.3, 0.4) is 0 Å². The van der Waals surface area contributed by atoms with E-state index in [0.717, 1.165) is 0 Å². The number of nitrogens with zero attached hydrogens (tertiary/aromatic N) is 1. The van der Waals surface area contributed by atoms with Crippen molar-refractivity contribution in [2.75, 3.05) is 13.2 Å². The van der Waals surface area contributed by atoms with E-state index < -0.39 is 80.7 Å². The monoisotopic (exact) mass is 457 g/mol. The van der Waals surface area contributed by atoms with E-state index in [9.17, 15) is 41.0 Å². The molecule has 0 spiro atoms. The zero-order valence-corrected chi connectivity index (χ0v) is 16.9. The van der Waals surface area contributed by atoms with Crippen molar-refractivity contribution in [1.29, 1.82) is 5.26 Å². The molecule has 32 heavy (non-hydrogen) atoms. The third kappa shape index (κ3) is 5.25. The van der Waals surface area contributed by atoms with Gasteiger partial charge in [-0.15, -0.1) is 0 Å². The first-order chi connectivity index (χ1) is 15.3. The number of benzene rings is 1. The third-order valence-corrected chi connectivity index (χ3v) is 5.43. The van der Waals surface area contributed by atoms with Crippen LogP contribution in [0.1, 0.15) is 11.7 Å². The minimum atomic E-state index is -1.70. The number of ether oxygens (including phenoxy) is 4. The molecule has 1 aromatic rings. The number of aliphatic hydroxyl groups excluding tert-OH is 7. The first-order valence-corrected chi connectivity index (χ1v) is 10.00. The molecule has 0 bridgehead atoms. The van der Waals surface area contributed by atoms with Crippen LogP contribution in [-0.4, -0.2) is 110 Å². The molecule has 1 aromatic carbocycles. The van der Waals surface area contributed by atoms with Gasteiger partial charge in [0.1, 0.15) is 48.8 Å². The summed E-state index contributed by atoms with van der Waals surface area (Å²) in [6, 6.07) is 10.3. The Hall–Kier alpha value is -1.73. The summed E-state index contributed by atoms with van der Waals surface area (Å²) in [5.41, 5.74) is 0.487. The van der Waals surface area contributed by atoms with Gasteiger partial charge in [0.05, 0.1) is 19.3 Å². The summed E-state index contributed by atoms with van der Waals surface area (Å²) in [5.74, 6) is 0. The lowest BCUT2D eigenvalue weighted by Gasteiger charge is -2.43. The zero-order valence-electron chi connectivity index (χ0n) is 16.9. The fourth-order valence-corrected chi connectivity index (χ4v) is 3.51. The molecule has 11 atom stereocenters. The second-order valence-corrected chi connectivity index (χ2v) is 7.60. The highest BCUT2D eigenvalue weighted by atomic mass is 16.7. The van der Waals surface area contributed by atoms with Crippen LogP contribution in [0.25, 0.3) is 0 Å². The van der Waals surface area contributed by atoms with E-state index in [1.54, 1.807) is 30.3 Å². The molecule has 0 unspecified atom stereocenters. The van der Waals surface area contributed by atoms with Crippen molar-refractivity contribution in [2.45, 2.75) is 67.5 Å². The van der Waals surface area contributed by atoms with Gasteiger partial charge in [0, 0.05) is 0 Å². The molecule has 2 fully saturated rings. The lowest BCUT2D eigenvalue weighted by molar-refractivity contribution is -0.334. The molecule has 178 valence electrons. The van der Waals surface area contributed by atoms with Crippen LogP contribution in [0.4, 0.5) is 0 Å². The molecule has 2 heterocycles. The van der Waals surface area contributed by atoms with E-state index in [1.165, 1.54) is 0 Å². The van der Waals surface area contributed by atoms with E-state index in [0.29, 0.717) is 5.56 Å². The van der Waals surface area contributed by atoms with Crippen molar-refractivity contribution < 1.29 is 54.7 Å². The molecular formula is C20H27NO11. The number of rotatable bonds is 7. The summed E-state index contributed by atoms with van der Waals surface area (Å²) in [6.45, 7) is -1.14. The van der Waals surface area contributed by atoms with E-state index in [1.807, 2.05) is 6.07 Å². The van der Waals surface area contributed by atoms with E-state index in [4.69, 9.17) is 18.9 Å². The fraction of sp³-hybridized carbons (Fsp3) is 0.650. The topological polar surface area (TPSA) is 202 Å². The van der Waals surface area contributed by atoms with E-state index in [2.05, 4.69) is 0 Å². The third-order valence-electron chi connectivity index (χ3n) is 5.43. The lowest BCUT2D eigenvalue weighted by Crippen LogP contribution is -2.61.